The number of hydrogen-bond acceptors (Lipinski definition) is 3. The van der Waals surface area contributed by atoms with E-state index in [1.807, 2.05) is 12.1 Å². The highest BCUT2D eigenvalue weighted by Gasteiger charge is 2.30. The molecule has 2 N–H and O–H groups in total. The van der Waals surface area contributed by atoms with Crippen molar-refractivity contribution in [1.29, 1.82) is 0 Å². The zero-order chi connectivity index (χ0) is 13.5. The van der Waals surface area contributed by atoms with Crippen molar-refractivity contribution in [1.82, 2.24) is 4.90 Å². The lowest BCUT2D eigenvalue weighted by Crippen LogP contribution is -2.45. The number of benzene rings is 2. The summed E-state index contributed by atoms with van der Waals surface area (Å²) in [6.07, 6.45) is 2.13. The molecular weight excluding hydrogens is 326 g/mol. The molecule has 1 heterocycles. The van der Waals surface area contributed by atoms with Gasteiger partial charge in [-0.25, -0.2) is 4.99 Å². The number of rotatable bonds is 1. The van der Waals surface area contributed by atoms with Gasteiger partial charge in [0, 0.05) is 12.6 Å². The summed E-state index contributed by atoms with van der Waals surface area (Å²) in [5.41, 5.74) is 11.4. The first-order valence-corrected chi connectivity index (χ1v) is 7.07. The van der Waals surface area contributed by atoms with Crippen LogP contribution in [0.2, 0.25) is 0 Å². The van der Waals surface area contributed by atoms with Gasteiger partial charge in [-0.2, -0.15) is 0 Å². The van der Waals surface area contributed by atoms with E-state index in [2.05, 4.69) is 46.3 Å². The Morgan fingerprint density at radius 1 is 0.905 bits per heavy atom. The largest absolute Gasteiger partial charge is 0.369 e. The standard InChI is InChI=1S/C17H17N3.BrH/c18-17-19-16-8-4-3-7-14(16)11-20(17)15-9-12-5-1-2-6-13(12)10-15;/h1-8,15H,9-11H2,(H2,18,19);1H. The van der Waals surface area contributed by atoms with Crippen LogP contribution in [-0.2, 0) is 19.4 Å². The van der Waals surface area contributed by atoms with Crippen LogP contribution in [0.4, 0.5) is 5.69 Å². The zero-order valence-electron chi connectivity index (χ0n) is 11.7. The summed E-state index contributed by atoms with van der Waals surface area (Å²) in [6.45, 7) is 0.865. The van der Waals surface area contributed by atoms with Crippen molar-refractivity contribution in [2.75, 3.05) is 0 Å². The maximum absolute atomic E-state index is 6.18. The van der Waals surface area contributed by atoms with Gasteiger partial charge in [0.1, 0.15) is 0 Å². The van der Waals surface area contributed by atoms with Gasteiger partial charge in [0.2, 0.25) is 0 Å². The van der Waals surface area contributed by atoms with Crippen molar-refractivity contribution in [3.63, 3.8) is 0 Å². The number of aliphatic imine (C=N–C) groups is 1. The lowest BCUT2D eigenvalue weighted by molar-refractivity contribution is 0.305. The van der Waals surface area contributed by atoms with Crippen molar-refractivity contribution >= 4 is 28.6 Å². The van der Waals surface area contributed by atoms with Crippen LogP contribution >= 0.6 is 17.0 Å². The van der Waals surface area contributed by atoms with Crippen LogP contribution in [0.3, 0.4) is 0 Å². The van der Waals surface area contributed by atoms with E-state index in [0.717, 1.165) is 25.1 Å². The molecule has 21 heavy (non-hydrogen) atoms. The second-order valence-electron chi connectivity index (χ2n) is 5.56. The van der Waals surface area contributed by atoms with Gasteiger partial charge in [-0.1, -0.05) is 42.5 Å². The van der Waals surface area contributed by atoms with E-state index >= 15 is 0 Å². The molecule has 0 amide bonds. The van der Waals surface area contributed by atoms with Crippen LogP contribution in [-0.4, -0.2) is 16.9 Å². The zero-order valence-corrected chi connectivity index (χ0v) is 13.4. The molecule has 0 saturated carbocycles. The van der Waals surface area contributed by atoms with Crippen molar-refractivity contribution in [2.45, 2.75) is 25.4 Å². The van der Waals surface area contributed by atoms with Gasteiger partial charge in [0.25, 0.3) is 0 Å². The Morgan fingerprint density at radius 2 is 1.48 bits per heavy atom. The Morgan fingerprint density at radius 3 is 2.14 bits per heavy atom. The minimum absolute atomic E-state index is 0. The lowest BCUT2D eigenvalue weighted by Gasteiger charge is -2.33. The summed E-state index contributed by atoms with van der Waals surface area (Å²) in [5.74, 6) is 0.654. The Hall–Kier alpha value is -1.81. The minimum Gasteiger partial charge on any atom is -0.369 e. The summed E-state index contributed by atoms with van der Waals surface area (Å²) in [4.78, 5) is 6.81. The molecule has 0 bridgehead atoms. The molecule has 0 saturated heterocycles. The van der Waals surface area contributed by atoms with Crippen molar-refractivity contribution in [3.05, 3.63) is 65.2 Å². The quantitative estimate of drug-likeness (QED) is 0.863. The van der Waals surface area contributed by atoms with E-state index in [1.54, 1.807) is 0 Å². The van der Waals surface area contributed by atoms with E-state index in [9.17, 15) is 0 Å². The number of hydrogen-bond donors (Lipinski definition) is 1. The van der Waals surface area contributed by atoms with Crippen LogP contribution in [0.5, 0.6) is 0 Å². The maximum Gasteiger partial charge on any atom is 0.197 e. The van der Waals surface area contributed by atoms with Gasteiger partial charge >= 0.3 is 0 Å². The number of para-hydroxylation sites is 1. The molecule has 0 atom stereocenters. The summed E-state index contributed by atoms with van der Waals surface area (Å²) in [5, 5.41) is 0. The van der Waals surface area contributed by atoms with E-state index in [-0.39, 0.29) is 17.0 Å². The van der Waals surface area contributed by atoms with Crippen LogP contribution in [0.1, 0.15) is 16.7 Å². The predicted octanol–water partition coefficient (Wildman–Crippen LogP) is 3.19. The fraction of sp³-hybridized carbons (Fsp3) is 0.235. The van der Waals surface area contributed by atoms with Gasteiger partial charge in [-0.3, -0.25) is 0 Å². The van der Waals surface area contributed by atoms with E-state index in [1.165, 1.54) is 16.7 Å². The van der Waals surface area contributed by atoms with Crippen molar-refractivity contribution in [3.8, 4) is 0 Å². The van der Waals surface area contributed by atoms with Crippen LogP contribution in [0.15, 0.2) is 53.5 Å². The molecule has 2 aromatic rings. The van der Waals surface area contributed by atoms with Gasteiger partial charge < -0.3 is 10.6 Å². The first kappa shape index (κ1) is 14.1. The Bertz CT molecular complexity index is 671. The van der Waals surface area contributed by atoms with Gasteiger partial charge in [0.15, 0.2) is 5.96 Å². The summed E-state index contributed by atoms with van der Waals surface area (Å²) < 4.78 is 0. The molecule has 2 aromatic carbocycles. The predicted molar refractivity (Wildman–Crippen MR) is 91.2 cm³/mol. The summed E-state index contributed by atoms with van der Waals surface area (Å²) in [6, 6.07) is 17.4. The highest BCUT2D eigenvalue weighted by atomic mass is 79.9. The molecular formula is C17H18BrN3. The van der Waals surface area contributed by atoms with Crippen LogP contribution in [0.25, 0.3) is 0 Å². The van der Waals surface area contributed by atoms with Crippen LogP contribution in [0, 0.1) is 0 Å². The molecule has 0 unspecified atom stereocenters. The van der Waals surface area contributed by atoms with Gasteiger partial charge in [-0.05, 0) is 35.6 Å². The number of nitrogens with zero attached hydrogens (tertiary/aromatic N) is 2. The molecule has 2 aliphatic rings. The normalized spacial score (nSPS) is 16.8. The van der Waals surface area contributed by atoms with E-state index in [0.29, 0.717) is 12.0 Å². The fourth-order valence-corrected chi connectivity index (χ4v) is 3.28. The number of guanidine groups is 1. The third kappa shape index (κ3) is 2.44. The SMILES string of the molecule is Br.NC1=Nc2ccccc2CN1C1Cc2ccccc2C1. The molecule has 0 aromatic heterocycles. The number of nitrogens with two attached hydrogens (primary N) is 1. The number of fused-ring (bicyclic) bond motifs is 2. The third-order valence-corrected chi connectivity index (χ3v) is 4.33. The average molecular weight is 344 g/mol. The lowest BCUT2D eigenvalue weighted by atomic mass is 10.1. The highest BCUT2D eigenvalue weighted by Crippen LogP contribution is 2.31. The van der Waals surface area contributed by atoms with Crippen molar-refractivity contribution < 1.29 is 0 Å². The highest BCUT2D eigenvalue weighted by molar-refractivity contribution is 8.93. The molecule has 1 aliphatic heterocycles. The molecule has 0 fully saturated rings. The molecule has 4 rings (SSSR count). The molecule has 3 nitrogen and oxygen atoms in total. The molecule has 4 heteroatoms. The first-order valence-electron chi connectivity index (χ1n) is 7.07. The first-order chi connectivity index (χ1) is 9.81. The summed E-state index contributed by atoms with van der Waals surface area (Å²) in [7, 11) is 0. The van der Waals surface area contributed by atoms with E-state index in [4.69, 9.17) is 5.73 Å². The van der Waals surface area contributed by atoms with Crippen LogP contribution < -0.4 is 5.73 Å². The maximum atomic E-state index is 6.18. The smallest absolute Gasteiger partial charge is 0.197 e. The third-order valence-electron chi connectivity index (χ3n) is 4.33. The monoisotopic (exact) mass is 343 g/mol. The Balaban J connectivity index is 0.00000132. The number of halogens is 1. The second kappa shape index (κ2) is 5.53. The second-order valence-corrected chi connectivity index (χ2v) is 5.56. The van der Waals surface area contributed by atoms with Gasteiger partial charge in [-0.15, -0.1) is 17.0 Å². The van der Waals surface area contributed by atoms with E-state index < -0.39 is 0 Å². The molecule has 0 radical (unpaired) electrons. The van der Waals surface area contributed by atoms with Gasteiger partial charge in [0.05, 0.1) is 5.69 Å². The fourth-order valence-electron chi connectivity index (χ4n) is 3.28. The Kier molecular flexibility index (Phi) is 3.72. The topological polar surface area (TPSA) is 41.6 Å². The minimum atomic E-state index is 0. The molecule has 1 aliphatic carbocycles. The molecule has 108 valence electrons. The van der Waals surface area contributed by atoms with Crippen molar-refractivity contribution in [2.24, 2.45) is 10.7 Å². The molecule has 0 spiro atoms. The summed E-state index contributed by atoms with van der Waals surface area (Å²) >= 11 is 0. The Labute approximate surface area is 135 Å². The average Bonchev–Trinajstić information content (AvgIpc) is 2.90.